The van der Waals surface area contributed by atoms with Gasteiger partial charge in [-0.1, -0.05) is 30.3 Å². The number of hydrogen-bond donors (Lipinski definition) is 0. The predicted molar refractivity (Wildman–Crippen MR) is 88.0 cm³/mol. The van der Waals surface area contributed by atoms with Crippen molar-refractivity contribution in [2.45, 2.75) is 24.5 Å². The van der Waals surface area contributed by atoms with Gasteiger partial charge in [0.1, 0.15) is 5.58 Å². The van der Waals surface area contributed by atoms with E-state index in [0.717, 1.165) is 27.8 Å². The normalized spacial score (nSPS) is 11.0. The molecule has 2 aromatic carbocycles. The number of fused-ring (bicyclic) bond motifs is 1. The van der Waals surface area contributed by atoms with Crippen molar-refractivity contribution in [1.29, 1.82) is 0 Å². The number of aryl methyl sites for hydroxylation is 2. The van der Waals surface area contributed by atoms with Crippen LogP contribution >= 0.6 is 11.8 Å². The molecule has 21 heavy (non-hydrogen) atoms. The van der Waals surface area contributed by atoms with E-state index >= 15 is 0 Å². The molecule has 0 amide bonds. The van der Waals surface area contributed by atoms with E-state index in [1.54, 1.807) is 17.8 Å². The Kier molecular flexibility index (Phi) is 3.84. The van der Waals surface area contributed by atoms with E-state index < -0.39 is 0 Å². The Hall–Kier alpha value is -2.00. The van der Waals surface area contributed by atoms with Crippen LogP contribution < -0.4 is 5.63 Å². The van der Waals surface area contributed by atoms with Gasteiger partial charge in [0.2, 0.25) is 0 Å². The van der Waals surface area contributed by atoms with E-state index in [0.29, 0.717) is 5.58 Å². The molecule has 0 fully saturated rings. The highest BCUT2D eigenvalue weighted by Gasteiger charge is 2.09. The second-order valence-corrected chi connectivity index (χ2v) is 6.13. The summed E-state index contributed by atoms with van der Waals surface area (Å²) in [6.07, 6.45) is 0. The quantitative estimate of drug-likeness (QED) is 0.518. The van der Waals surface area contributed by atoms with Crippen molar-refractivity contribution >= 4 is 22.7 Å². The first-order valence-electron chi connectivity index (χ1n) is 6.86. The molecule has 0 radical (unpaired) electrons. The lowest BCUT2D eigenvalue weighted by Crippen LogP contribution is -2.01. The Labute approximate surface area is 127 Å². The van der Waals surface area contributed by atoms with Crippen molar-refractivity contribution in [1.82, 2.24) is 0 Å². The molecule has 0 spiro atoms. The van der Waals surface area contributed by atoms with Crippen LogP contribution in [0, 0.1) is 13.8 Å². The van der Waals surface area contributed by atoms with Gasteiger partial charge in [0, 0.05) is 22.1 Å². The Balaban J connectivity index is 2.02. The maximum Gasteiger partial charge on any atom is 0.336 e. The highest BCUT2D eigenvalue weighted by molar-refractivity contribution is 7.98. The molecule has 2 nitrogen and oxygen atoms in total. The molecule has 0 unspecified atom stereocenters. The molecular formula is C18H16O2S. The standard InChI is InChI=1S/C18H16O2S/c1-12-8-9-16-14(10-17(19)20-18(16)13(12)2)11-21-15-6-4-3-5-7-15/h3-10H,11H2,1-2H3. The molecule has 0 saturated heterocycles. The van der Waals surface area contributed by atoms with E-state index in [4.69, 9.17) is 4.42 Å². The maximum absolute atomic E-state index is 11.8. The van der Waals surface area contributed by atoms with Gasteiger partial charge in [-0.3, -0.25) is 0 Å². The number of hydrogen-bond acceptors (Lipinski definition) is 3. The first-order chi connectivity index (χ1) is 10.1. The smallest absolute Gasteiger partial charge is 0.336 e. The summed E-state index contributed by atoms with van der Waals surface area (Å²) in [5.41, 5.74) is 3.64. The van der Waals surface area contributed by atoms with Gasteiger partial charge in [-0.15, -0.1) is 11.8 Å². The van der Waals surface area contributed by atoms with E-state index in [2.05, 4.69) is 18.2 Å². The summed E-state index contributed by atoms with van der Waals surface area (Å²) in [5.74, 6) is 0.759. The van der Waals surface area contributed by atoms with Gasteiger partial charge in [-0.05, 0) is 42.7 Å². The lowest BCUT2D eigenvalue weighted by Gasteiger charge is -2.08. The van der Waals surface area contributed by atoms with E-state index in [1.807, 2.05) is 38.1 Å². The number of benzene rings is 2. The monoisotopic (exact) mass is 296 g/mol. The molecule has 0 N–H and O–H groups in total. The largest absolute Gasteiger partial charge is 0.422 e. The highest BCUT2D eigenvalue weighted by atomic mass is 32.2. The predicted octanol–water partition coefficient (Wildman–Crippen LogP) is 4.70. The van der Waals surface area contributed by atoms with Crippen LogP contribution in [-0.2, 0) is 5.75 Å². The third kappa shape index (κ3) is 2.88. The zero-order chi connectivity index (χ0) is 14.8. The number of thioether (sulfide) groups is 1. The molecule has 106 valence electrons. The van der Waals surface area contributed by atoms with Crippen LogP contribution in [0.2, 0.25) is 0 Å². The van der Waals surface area contributed by atoms with Gasteiger partial charge in [0.25, 0.3) is 0 Å². The maximum atomic E-state index is 11.8. The summed E-state index contributed by atoms with van der Waals surface area (Å²) in [6.45, 7) is 4.02. The SMILES string of the molecule is Cc1ccc2c(CSc3ccccc3)cc(=O)oc2c1C. The van der Waals surface area contributed by atoms with Gasteiger partial charge < -0.3 is 4.42 Å². The fourth-order valence-electron chi connectivity index (χ4n) is 2.32. The van der Waals surface area contributed by atoms with Crippen LogP contribution in [0.5, 0.6) is 0 Å². The van der Waals surface area contributed by atoms with Crippen molar-refractivity contribution in [2.75, 3.05) is 0 Å². The summed E-state index contributed by atoms with van der Waals surface area (Å²) in [6, 6.07) is 15.9. The van der Waals surface area contributed by atoms with Crippen LogP contribution in [0.15, 0.2) is 62.6 Å². The molecule has 0 aliphatic rings. The van der Waals surface area contributed by atoms with Crippen LogP contribution in [0.4, 0.5) is 0 Å². The molecule has 3 rings (SSSR count). The summed E-state index contributed by atoms with van der Waals surface area (Å²) in [7, 11) is 0. The zero-order valence-corrected chi connectivity index (χ0v) is 12.9. The Morgan fingerprint density at radius 1 is 1.05 bits per heavy atom. The highest BCUT2D eigenvalue weighted by Crippen LogP contribution is 2.28. The second-order valence-electron chi connectivity index (χ2n) is 5.08. The van der Waals surface area contributed by atoms with Gasteiger partial charge in [0.15, 0.2) is 0 Å². The van der Waals surface area contributed by atoms with E-state index in [-0.39, 0.29) is 5.63 Å². The van der Waals surface area contributed by atoms with Gasteiger partial charge in [0.05, 0.1) is 0 Å². The van der Waals surface area contributed by atoms with Crippen LogP contribution in [-0.4, -0.2) is 0 Å². The molecule has 0 bridgehead atoms. The fraction of sp³-hybridized carbons (Fsp3) is 0.167. The lowest BCUT2D eigenvalue weighted by atomic mass is 10.0. The minimum Gasteiger partial charge on any atom is -0.422 e. The van der Waals surface area contributed by atoms with Crippen molar-refractivity contribution in [3.8, 4) is 0 Å². The molecule has 3 aromatic rings. The summed E-state index contributed by atoms with van der Waals surface area (Å²) >= 11 is 1.73. The average molecular weight is 296 g/mol. The Morgan fingerprint density at radius 2 is 1.81 bits per heavy atom. The van der Waals surface area contributed by atoms with Gasteiger partial charge in [-0.25, -0.2) is 4.79 Å². The van der Waals surface area contributed by atoms with Crippen molar-refractivity contribution in [3.63, 3.8) is 0 Å². The Bertz CT molecular complexity index is 835. The molecule has 0 aliphatic carbocycles. The van der Waals surface area contributed by atoms with Crippen molar-refractivity contribution < 1.29 is 4.42 Å². The van der Waals surface area contributed by atoms with Crippen LogP contribution in [0.25, 0.3) is 11.0 Å². The topological polar surface area (TPSA) is 30.2 Å². The third-order valence-electron chi connectivity index (χ3n) is 3.65. The molecule has 0 aliphatic heterocycles. The van der Waals surface area contributed by atoms with E-state index in [1.165, 1.54) is 4.90 Å². The molecular weight excluding hydrogens is 280 g/mol. The Morgan fingerprint density at radius 3 is 2.57 bits per heavy atom. The first kappa shape index (κ1) is 14.0. The van der Waals surface area contributed by atoms with Crippen LogP contribution in [0.3, 0.4) is 0 Å². The molecule has 1 heterocycles. The molecule has 1 aromatic heterocycles. The minimum absolute atomic E-state index is 0.278. The van der Waals surface area contributed by atoms with Gasteiger partial charge in [-0.2, -0.15) is 0 Å². The average Bonchev–Trinajstić information content (AvgIpc) is 2.50. The van der Waals surface area contributed by atoms with Crippen LogP contribution in [0.1, 0.15) is 16.7 Å². The molecule has 3 heteroatoms. The number of rotatable bonds is 3. The second kappa shape index (κ2) is 5.78. The summed E-state index contributed by atoms with van der Waals surface area (Å²) in [5, 5.41) is 1.03. The minimum atomic E-state index is -0.278. The zero-order valence-electron chi connectivity index (χ0n) is 12.1. The lowest BCUT2D eigenvalue weighted by molar-refractivity contribution is 0.557. The third-order valence-corrected chi connectivity index (χ3v) is 4.72. The molecule has 0 saturated carbocycles. The van der Waals surface area contributed by atoms with E-state index in [9.17, 15) is 4.79 Å². The first-order valence-corrected chi connectivity index (χ1v) is 7.84. The summed E-state index contributed by atoms with van der Waals surface area (Å²) < 4.78 is 5.40. The fourth-order valence-corrected chi connectivity index (χ4v) is 3.23. The van der Waals surface area contributed by atoms with Crippen molar-refractivity contribution in [3.05, 3.63) is 75.6 Å². The van der Waals surface area contributed by atoms with Gasteiger partial charge >= 0.3 is 5.63 Å². The molecule has 0 atom stereocenters. The van der Waals surface area contributed by atoms with Crippen molar-refractivity contribution in [2.24, 2.45) is 0 Å². The summed E-state index contributed by atoms with van der Waals surface area (Å²) in [4.78, 5) is 13.0.